The first-order valence-corrected chi connectivity index (χ1v) is 12.6. The predicted molar refractivity (Wildman–Crippen MR) is 149 cm³/mol. The van der Waals surface area contributed by atoms with Crippen LogP contribution in [0, 0.1) is 0 Å². The van der Waals surface area contributed by atoms with E-state index in [1.165, 1.54) is 0 Å². The zero-order valence-electron chi connectivity index (χ0n) is 21.5. The molecule has 6 heteroatoms. The molecule has 0 saturated carbocycles. The van der Waals surface area contributed by atoms with E-state index in [1.54, 1.807) is 0 Å². The van der Waals surface area contributed by atoms with E-state index < -0.39 is 0 Å². The minimum Gasteiger partial charge on any atom is -0.399 e. The molecule has 182 valence electrons. The van der Waals surface area contributed by atoms with Gasteiger partial charge in [-0.25, -0.2) is 9.97 Å². The van der Waals surface area contributed by atoms with Gasteiger partial charge in [0, 0.05) is 28.3 Å². The summed E-state index contributed by atoms with van der Waals surface area (Å²) in [6.45, 7) is 8.26. The molecule has 1 aliphatic rings. The number of hydrogen-bond acceptors (Lipinski definition) is 5. The van der Waals surface area contributed by atoms with Crippen molar-refractivity contribution in [1.29, 1.82) is 0 Å². The second-order valence-electron chi connectivity index (χ2n) is 10.4. The van der Waals surface area contributed by atoms with Gasteiger partial charge in [-0.3, -0.25) is 4.98 Å². The average Bonchev–Trinajstić information content (AvgIpc) is 3.15. The highest BCUT2D eigenvalue weighted by molar-refractivity contribution is 6.62. The molecule has 6 rings (SSSR count). The Balaban J connectivity index is 1.29. The van der Waals surface area contributed by atoms with Gasteiger partial charge in [-0.1, -0.05) is 72.8 Å². The summed E-state index contributed by atoms with van der Waals surface area (Å²) in [5.41, 5.74) is 5.95. The van der Waals surface area contributed by atoms with E-state index in [-0.39, 0.29) is 18.3 Å². The molecule has 1 saturated heterocycles. The Morgan fingerprint density at radius 1 is 0.622 bits per heavy atom. The number of para-hydroxylation sites is 1. The number of benzene rings is 3. The minimum absolute atomic E-state index is 0.362. The maximum atomic E-state index is 6.18. The maximum Gasteiger partial charge on any atom is 0.494 e. The van der Waals surface area contributed by atoms with E-state index in [1.807, 2.05) is 66.9 Å². The molecule has 0 N–H and O–H groups in total. The van der Waals surface area contributed by atoms with Crippen molar-refractivity contribution < 1.29 is 9.31 Å². The van der Waals surface area contributed by atoms with Gasteiger partial charge in [0.15, 0.2) is 5.82 Å². The van der Waals surface area contributed by atoms with Crippen LogP contribution in [0.3, 0.4) is 0 Å². The van der Waals surface area contributed by atoms with Crippen LogP contribution in [-0.2, 0) is 9.31 Å². The number of fused-ring (bicyclic) bond motifs is 1. The zero-order chi connectivity index (χ0) is 25.6. The van der Waals surface area contributed by atoms with Crippen molar-refractivity contribution in [2.75, 3.05) is 0 Å². The highest BCUT2D eigenvalue weighted by atomic mass is 16.7. The Kier molecular flexibility index (Phi) is 5.66. The minimum atomic E-state index is -0.377. The van der Waals surface area contributed by atoms with Gasteiger partial charge in [0.1, 0.15) is 0 Å². The van der Waals surface area contributed by atoms with E-state index in [0.29, 0.717) is 5.82 Å². The summed E-state index contributed by atoms with van der Waals surface area (Å²) in [7, 11) is -0.377. The highest BCUT2D eigenvalue weighted by Crippen LogP contribution is 2.36. The molecule has 5 aromatic rings. The average molecular weight is 485 g/mol. The number of aromatic nitrogens is 3. The van der Waals surface area contributed by atoms with E-state index >= 15 is 0 Å². The van der Waals surface area contributed by atoms with Gasteiger partial charge in [-0.2, -0.15) is 0 Å². The van der Waals surface area contributed by atoms with Crippen molar-refractivity contribution >= 4 is 23.5 Å². The van der Waals surface area contributed by atoms with Crippen LogP contribution < -0.4 is 5.46 Å². The molecular weight excluding hydrogens is 457 g/mol. The highest BCUT2D eigenvalue weighted by Gasteiger charge is 2.51. The maximum absolute atomic E-state index is 6.18. The number of rotatable bonds is 4. The largest absolute Gasteiger partial charge is 0.494 e. The molecule has 1 fully saturated rings. The lowest BCUT2D eigenvalue weighted by Crippen LogP contribution is -2.41. The van der Waals surface area contributed by atoms with Crippen LogP contribution in [-0.4, -0.2) is 33.3 Å². The number of nitrogens with zero attached hydrogens (tertiary/aromatic N) is 3. The Labute approximate surface area is 217 Å². The number of hydrogen-bond donors (Lipinski definition) is 0. The molecule has 5 nitrogen and oxygen atoms in total. The van der Waals surface area contributed by atoms with Crippen molar-refractivity contribution in [2.45, 2.75) is 38.9 Å². The Hall–Kier alpha value is -3.87. The molecule has 2 aromatic heterocycles. The summed E-state index contributed by atoms with van der Waals surface area (Å²) in [5.74, 6) is 0.660. The van der Waals surface area contributed by atoms with Crippen molar-refractivity contribution in [3.63, 3.8) is 0 Å². The molecular formula is C31H28BN3O2. The molecule has 0 aliphatic carbocycles. The standard InChI is InChI=1S/C31H28BN3O2/c1-30(2)31(3,4)37-32(36-30)24-17-14-21(15-18-24)26-19-16-23(20-33-26)29-34-27-13-9-8-12-25(27)28(35-29)22-10-6-5-7-11-22/h5-20H,1-4H3. The van der Waals surface area contributed by atoms with Gasteiger partial charge < -0.3 is 9.31 Å². The smallest absolute Gasteiger partial charge is 0.399 e. The van der Waals surface area contributed by atoms with Crippen molar-refractivity contribution in [3.8, 4) is 33.9 Å². The first kappa shape index (κ1) is 23.5. The van der Waals surface area contributed by atoms with Crippen LogP contribution in [0.25, 0.3) is 44.8 Å². The van der Waals surface area contributed by atoms with Crippen LogP contribution in [0.15, 0.2) is 97.2 Å². The van der Waals surface area contributed by atoms with Crippen molar-refractivity contribution in [2.24, 2.45) is 0 Å². The van der Waals surface area contributed by atoms with Gasteiger partial charge >= 0.3 is 7.12 Å². The first-order valence-electron chi connectivity index (χ1n) is 12.6. The fourth-order valence-corrected chi connectivity index (χ4v) is 4.51. The zero-order valence-corrected chi connectivity index (χ0v) is 21.5. The lowest BCUT2D eigenvalue weighted by molar-refractivity contribution is 0.00578. The molecule has 0 bridgehead atoms. The molecule has 37 heavy (non-hydrogen) atoms. The molecule has 0 atom stereocenters. The first-order chi connectivity index (χ1) is 17.8. The van der Waals surface area contributed by atoms with E-state index in [4.69, 9.17) is 24.3 Å². The van der Waals surface area contributed by atoms with Gasteiger partial charge in [0.2, 0.25) is 0 Å². The Morgan fingerprint density at radius 3 is 1.95 bits per heavy atom. The van der Waals surface area contributed by atoms with Crippen LogP contribution in [0.2, 0.25) is 0 Å². The van der Waals surface area contributed by atoms with Crippen LogP contribution in [0.5, 0.6) is 0 Å². The second kappa shape index (κ2) is 8.91. The topological polar surface area (TPSA) is 57.1 Å². The fraction of sp³-hybridized carbons (Fsp3) is 0.194. The lowest BCUT2D eigenvalue weighted by Gasteiger charge is -2.32. The van der Waals surface area contributed by atoms with E-state index in [0.717, 1.165) is 44.4 Å². The monoisotopic (exact) mass is 485 g/mol. The summed E-state index contributed by atoms with van der Waals surface area (Å²) >= 11 is 0. The van der Waals surface area contributed by atoms with Crippen molar-refractivity contribution in [3.05, 3.63) is 97.2 Å². The molecule has 0 spiro atoms. The summed E-state index contributed by atoms with van der Waals surface area (Å²) in [4.78, 5) is 14.5. The second-order valence-corrected chi connectivity index (χ2v) is 10.4. The van der Waals surface area contributed by atoms with E-state index in [2.05, 4.69) is 58.0 Å². The SMILES string of the molecule is CC1(C)OB(c2ccc(-c3ccc(-c4nc(-c5ccccc5)c5ccccc5n4)cn3)cc2)OC1(C)C. The molecule has 3 aromatic carbocycles. The third kappa shape index (κ3) is 4.33. The summed E-state index contributed by atoms with van der Waals surface area (Å²) < 4.78 is 12.4. The normalized spacial score (nSPS) is 16.3. The van der Waals surface area contributed by atoms with Gasteiger partial charge in [0.25, 0.3) is 0 Å². The quantitative estimate of drug-likeness (QED) is 0.279. The van der Waals surface area contributed by atoms with Gasteiger partial charge in [-0.05, 0) is 51.4 Å². The van der Waals surface area contributed by atoms with Gasteiger partial charge in [0.05, 0.1) is 28.1 Å². The summed E-state index contributed by atoms with van der Waals surface area (Å²) in [6.07, 6.45) is 1.84. The van der Waals surface area contributed by atoms with Crippen LogP contribution in [0.1, 0.15) is 27.7 Å². The predicted octanol–water partition coefficient (Wildman–Crippen LogP) is 6.33. The molecule has 0 unspecified atom stereocenters. The van der Waals surface area contributed by atoms with Gasteiger partial charge in [-0.15, -0.1) is 0 Å². The lowest BCUT2D eigenvalue weighted by atomic mass is 9.79. The van der Waals surface area contributed by atoms with Crippen LogP contribution >= 0.6 is 0 Å². The third-order valence-corrected chi connectivity index (χ3v) is 7.40. The third-order valence-electron chi connectivity index (χ3n) is 7.40. The Morgan fingerprint density at radius 2 is 1.27 bits per heavy atom. The summed E-state index contributed by atoms with van der Waals surface area (Å²) in [6, 6.07) is 30.6. The number of pyridine rings is 1. The van der Waals surface area contributed by atoms with Crippen molar-refractivity contribution in [1.82, 2.24) is 15.0 Å². The fourth-order valence-electron chi connectivity index (χ4n) is 4.51. The Bertz CT molecular complexity index is 1550. The molecule has 0 amide bonds. The molecule has 1 aliphatic heterocycles. The molecule has 3 heterocycles. The molecule has 0 radical (unpaired) electrons. The summed E-state index contributed by atoms with van der Waals surface area (Å²) in [5, 5.41) is 1.03. The van der Waals surface area contributed by atoms with Crippen LogP contribution in [0.4, 0.5) is 0 Å². The van der Waals surface area contributed by atoms with E-state index in [9.17, 15) is 0 Å².